The molecule has 0 saturated heterocycles. The molecule has 1 aromatic carbocycles. The number of nitriles is 1. The van der Waals surface area contributed by atoms with Crippen LogP contribution in [-0.2, 0) is 11.8 Å². The highest BCUT2D eigenvalue weighted by molar-refractivity contribution is 6.42. The van der Waals surface area contributed by atoms with Crippen molar-refractivity contribution in [2.24, 2.45) is 11.8 Å². The predicted molar refractivity (Wildman–Crippen MR) is 127 cm³/mol. The number of aromatic nitrogens is 3. The van der Waals surface area contributed by atoms with Crippen LogP contribution in [-0.4, -0.2) is 15.0 Å². The molecule has 2 heterocycles. The molecule has 160 valence electrons. The third kappa shape index (κ3) is 3.41. The van der Waals surface area contributed by atoms with Crippen molar-refractivity contribution in [1.29, 1.82) is 5.26 Å². The van der Waals surface area contributed by atoms with E-state index >= 15 is 0 Å². The molecule has 4 nitrogen and oxygen atoms in total. The number of halogens is 2. The van der Waals surface area contributed by atoms with Gasteiger partial charge in [0.25, 0.3) is 0 Å². The van der Waals surface area contributed by atoms with Crippen molar-refractivity contribution in [2.75, 3.05) is 0 Å². The highest BCUT2D eigenvalue weighted by Gasteiger charge is 2.46. The van der Waals surface area contributed by atoms with Crippen molar-refractivity contribution >= 4 is 23.2 Å². The number of pyridine rings is 1. The quantitative estimate of drug-likeness (QED) is 0.420. The monoisotopic (exact) mass is 460 g/mol. The second-order valence-electron chi connectivity index (χ2n) is 8.98. The molecule has 0 radical (unpaired) electrons. The number of hydrogen-bond acceptors (Lipinski definition) is 4. The summed E-state index contributed by atoms with van der Waals surface area (Å²) in [6.45, 7) is 4.48. The summed E-state index contributed by atoms with van der Waals surface area (Å²) < 4.78 is 0. The molecule has 0 unspecified atom stereocenters. The lowest BCUT2D eigenvalue weighted by Gasteiger charge is -2.46. The van der Waals surface area contributed by atoms with Crippen molar-refractivity contribution in [3.8, 4) is 28.7 Å². The zero-order valence-corrected chi connectivity index (χ0v) is 19.5. The van der Waals surface area contributed by atoms with Gasteiger partial charge in [-0.25, -0.2) is 9.97 Å². The smallest absolute Gasteiger partial charge is 0.160 e. The molecule has 0 spiro atoms. The van der Waals surface area contributed by atoms with E-state index in [0.717, 1.165) is 52.9 Å². The van der Waals surface area contributed by atoms with E-state index in [2.05, 4.69) is 31.0 Å². The fourth-order valence-corrected chi connectivity index (χ4v) is 5.79. The molecular weight excluding hydrogens is 439 g/mol. The standard InChI is InChI=1S/C26H22Cl2N4/c1-15-11-16(14-29)13-26(2)20(15)5-4-19-23(18-3-6-21(27)22(28)12-18)31-25(32-24(19)26)17-7-9-30-10-8-17/h3,6-10,12-13,15,20H,4-5,11H2,1-2H3/t15-,20+,26+/m0/s1. The van der Waals surface area contributed by atoms with Crippen LogP contribution in [0.2, 0.25) is 10.0 Å². The third-order valence-corrected chi connectivity index (χ3v) is 7.71. The van der Waals surface area contributed by atoms with E-state index in [1.807, 2.05) is 30.3 Å². The Balaban J connectivity index is 1.80. The highest BCUT2D eigenvalue weighted by Crippen LogP contribution is 2.51. The maximum absolute atomic E-state index is 9.70. The average molecular weight is 461 g/mol. The van der Waals surface area contributed by atoms with Gasteiger partial charge in [0, 0.05) is 40.1 Å². The Morgan fingerprint density at radius 1 is 1.06 bits per heavy atom. The largest absolute Gasteiger partial charge is 0.265 e. The second kappa shape index (κ2) is 7.99. The molecule has 0 saturated carbocycles. The van der Waals surface area contributed by atoms with Gasteiger partial charge in [-0.1, -0.05) is 49.2 Å². The Hall–Kier alpha value is -2.74. The number of rotatable bonds is 2. The molecular formula is C26H22Cl2N4. The summed E-state index contributed by atoms with van der Waals surface area (Å²) >= 11 is 12.6. The summed E-state index contributed by atoms with van der Waals surface area (Å²) in [7, 11) is 0. The van der Waals surface area contributed by atoms with Crippen LogP contribution in [0.3, 0.4) is 0 Å². The van der Waals surface area contributed by atoms with Crippen molar-refractivity contribution < 1.29 is 0 Å². The summed E-state index contributed by atoms with van der Waals surface area (Å²) in [6.07, 6.45) is 8.40. The molecule has 6 heteroatoms. The van der Waals surface area contributed by atoms with Crippen LogP contribution in [0.25, 0.3) is 22.6 Å². The molecule has 0 fully saturated rings. The Labute approximate surface area is 198 Å². The zero-order chi connectivity index (χ0) is 22.5. The van der Waals surface area contributed by atoms with Gasteiger partial charge in [0.1, 0.15) is 0 Å². The molecule has 5 rings (SSSR count). The van der Waals surface area contributed by atoms with Gasteiger partial charge < -0.3 is 0 Å². The Bertz CT molecular complexity index is 1280. The maximum Gasteiger partial charge on any atom is 0.160 e. The minimum Gasteiger partial charge on any atom is -0.265 e. The van der Waals surface area contributed by atoms with Crippen LogP contribution in [0.5, 0.6) is 0 Å². The Morgan fingerprint density at radius 3 is 2.56 bits per heavy atom. The average Bonchev–Trinajstić information content (AvgIpc) is 2.80. The van der Waals surface area contributed by atoms with Gasteiger partial charge in [-0.15, -0.1) is 0 Å². The van der Waals surface area contributed by atoms with E-state index in [-0.39, 0.29) is 5.41 Å². The van der Waals surface area contributed by atoms with Crippen LogP contribution in [0.1, 0.15) is 37.9 Å². The first kappa shape index (κ1) is 21.1. The first-order valence-electron chi connectivity index (χ1n) is 10.8. The van der Waals surface area contributed by atoms with E-state index in [1.165, 1.54) is 0 Å². The highest BCUT2D eigenvalue weighted by atomic mass is 35.5. The first-order chi connectivity index (χ1) is 15.4. The van der Waals surface area contributed by atoms with E-state index in [9.17, 15) is 5.26 Å². The van der Waals surface area contributed by atoms with E-state index in [4.69, 9.17) is 33.2 Å². The number of allylic oxidation sites excluding steroid dienone is 2. The minimum absolute atomic E-state index is 0.327. The van der Waals surface area contributed by atoms with Crippen molar-refractivity contribution in [2.45, 2.75) is 38.5 Å². The van der Waals surface area contributed by atoms with Crippen LogP contribution < -0.4 is 0 Å². The normalized spacial score (nSPS) is 24.2. The van der Waals surface area contributed by atoms with Crippen LogP contribution >= 0.6 is 23.2 Å². The topological polar surface area (TPSA) is 62.5 Å². The SMILES string of the molecule is C[C@H]1CC(C#N)=C[C@@]2(C)c3nc(-c4ccncc4)nc(-c4ccc(Cl)c(Cl)c4)c3CC[C@H]12. The van der Waals surface area contributed by atoms with Crippen LogP contribution in [0.15, 0.2) is 54.4 Å². The second-order valence-corrected chi connectivity index (χ2v) is 9.79. The first-order valence-corrected chi connectivity index (χ1v) is 11.6. The summed E-state index contributed by atoms with van der Waals surface area (Å²) in [5.74, 6) is 1.49. The molecule has 32 heavy (non-hydrogen) atoms. The lowest BCUT2D eigenvalue weighted by molar-refractivity contribution is 0.201. The fraction of sp³-hybridized carbons (Fsp3) is 0.308. The number of benzene rings is 1. The lowest BCUT2D eigenvalue weighted by atomic mass is 9.58. The molecule has 2 aromatic heterocycles. The molecule has 0 amide bonds. The van der Waals surface area contributed by atoms with Gasteiger partial charge in [-0.2, -0.15) is 5.26 Å². The van der Waals surface area contributed by atoms with Crippen LogP contribution in [0, 0.1) is 23.2 Å². The van der Waals surface area contributed by atoms with Crippen molar-refractivity contribution in [3.05, 3.63) is 75.7 Å². The zero-order valence-electron chi connectivity index (χ0n) is 17.9. The molecule has 0 bridgehead atoms. The third-order valence-electron chi connectivity index (χ3n) is 6.97. The number of nitrogens with zero attached hydrogens (tertiary/aromatic N) is 4. The number of fused-ring (bicyclic) bond motifs is 3. The number of hydrogen-bond donors (Lipinski definition) is 0. The fourth-order valence-electron chi connectivity index (χ4n) is 5.49. The summed E-state index contributed by atoms with van der Waals surface area (Å²) in [6, 6.07) is 11.9. The maximum atomic E-state index is 9.70. The minimum atomic E-state index is -0.327. The summed E-state index contributed by atoms with van der Waals surface area (Å²) in [4.78, 5) is 14.3. The van der Waals surface area contributed by atoms with Gasteiger partial charge in [-0.05, 0) is 55.4 Å². The van der Waals surface area contributed by atoms with E-state index in [1.54, 1.807) is 12.4 Å². The Morgan fingerprint density at radius 2 is 1.84 bits per heavy atom. The predicted octanol–water partition coefficient (Wildman–Crippen LogP) is 6.82. The summed E-state index contributed by atoms with van der Waals surface area (Å²) in [5, 5.41) is 10.7. The molecule has 0 N–H and O–H groups in total. The van der Waals surface area contributed by atoms with E-state index < -0.39 is 0 Å². The van der Waals surface area contributed by atoms with Gasteiger partial charge in [0.05, 0.1) is 27.5 Å². The van der Waals surface area contributed by atoms with Crippen LogP contribution in [0.4, 0.5) is 0 Å². The molecule has 2 aliphatic rings. The van der Waals surface area contributed by atoms with E-state index in [0.29, 0.717) is 27.7 Å². The van der Waals surface area contributed by atoms with Crippen molar-refractivity contribution in [3.63, 3.8) is 0 Å². The van der Waals surface area contributed by atoms with Gasteiger partial charge in [0.15, 0.2) is 5.82 Å². The molecule has 3 atom stereocenters. The van der Waals surface area contributed by atoms with Crippen molar-refractivity contribution in [1.82, 2.24) is 15.0 Å². The molecule has 2 aliphatic carbocycles. The lowest BCUT2D eigenvalue weighted by Crippen LogP contribution is -2.43. The summed E-state index contributed by atoms with van der Waals surface area (Å²) in [5.41, 5.74) is 5.35. The van der Waals surface area contributed by atoms with Gasteiger partial charge >= 0.3 is 0 Å². The van der Waals surface area contributed by atoms with Gasteiger partial charge in [-0.3, -0.25) is 4.98 Å². The molecule has 0 aliphatic heterocycles. The Kier molecular flexibility index (Phi) is 5.28. The van der Waals surface area contributed by atoms with Gasteiger partial charge in [0.2, 0.25) is 0 Å². The molecule has 3 aromatic rings.